The fourth-order valence-corrected chi connectivity index (χ4v) is 5.01. The first-order chi connectivity index (χ1) is 20.9. The SMILES string of the molecule is CC1NC=CN1CCCNC(=O)c1cccc(-c2cc(-c3ccccc3O)nc(NC(=O)c3ccccc3Cl)c2C#N)c1. The molecule has 5 rings (SSSR count). The van der Waals surface area contributed by atoms with Gasteiger partial charge < -0.3 is 26.0 Å². The Morgan fingerprint density at radius 1 is 1.05 bits per heavy atom. The molecule has 2 heterocycles. The molecule has 0 fully saturated rings. The van der Waals surface area contributed by atoms with Crippen molar-refractivity contribution in [2.24, 2.45) is 0 Å². The van der Waals surface area contributed by atoms with E-state index in [2.05, 4.69) is 38.8 Å². The highest BCUT2D eigenvalue weighted by molar-refractivity contribution is 6.34. The zero-order valence-corrected chi connectivity index (χ0v) is 24.1. The summed E-state index contributed by atoms with van der Waals surface area (Å²) in [5.41, 5.74) is 2.47. The molecular weight excluding hydrogens is 564 g/mol. The molecular formula is C33H29ClN6O3. The Morgan fingerprint density at radius 3 is 2.58 bits per heavy atom. The Labute approximate surface area is 254 Å². The average molecular weight is 593 g/mol. The Bertz CT molecular complexity index is 1750. The normalized spacial score (nSPS) is 13.7. The third-order valence-electron chi connectivity index (χ3n) is 7.08. The lowest BCUT2D eigenvalue weighted by Gasteiger charge is -2.21. The van der Waals surface area contributed by atoms with E-state index in [1.807, 2.05) is 12.4 Å². The summed E-state index contributed by atoms with van der Waals surface area (Å²) in [6.07, 6.45) is 4.89. The number of anilines is 1. The van der Waals surface area contributed by atoms with Gasteiger partial charge in [0, 0.05) is 42.2 Å². The van der Waals surface area contributed by atoms with Crippen LogP contribution in [0.15, 0.2) is 91.3 Å². The molecule has 216 valence electrons. The highest BCUT2D eigenvalue weighted by atomic mass is 35.5. The van der Waals surface area contributed by atoms with Crippen LogP contribution in [0.3, 0.4) is 0 Å². The lowest BCUT2D eigenvalue weighted by Crippen LogP contribution is -2.34. The first-order valence-electron chi connectivity index (χ1n) is 13.7. The van der Waals surface area contributed by atoms with Crippen LogP contribution < -0.4 is 16.0 Å². The van der Waals surface area contributed by atoms with Gasteiger partial charge in [-0.05, 0) is 61.4 Å². The highest BCUT2D eigenvalue weighted by Crippen LogP contribution is 2.36. The number of nitrogens with one attached hydrogen (secondary N) is 3. The van der Waals surface area contributed by atoms with Crippen LogP contribution in [0.1, 0.15) is 39.6 Å². The predicted octanol–water partition coefficient (Wildman–Crippen LogP) is 5.74. The average Bonchev–Trinajstić information content (AvgIpc) is 3.43. The number of amides is 2. The van der Waals surface area contributed by atoms with E-state index < -0.39 is 5.91 Å². The number of para-hydroxylation sites is 1. The van der Waals surface area contributed by atoms with E-state index in [1.54, 1.807) is 72.8 Å². The lowest BCUT2D eigenvalue weighted by atomic mass is 9.96. The van der Waals surface area contributed by atoms with Crippen molar-refractivity contribution in [3.63, 3.8) is 0 Å². The maximum Gasteiger partial charge on any atom is 0.258 e. The van der Waals surface area contributed by atoms with Gasteiger partial charge in [-0.2, -0.15) is 5.26 Å². The number of carbonyl (C=O) groups excluding carboxylic acids is 2. The molecule has 1 aliphatic rings. The number of phenols is 1. The minimum absolute atomic E-state index is 0.00212. The predicted molar refractivity (Wildman–Crippen MR) is 166 cm³/mol. The molecule has 1 unspecified atom stereocenters. The molecule has 3 aromatic carbocycles. The van der Waals surface area contributed by atoms with E-state index in [9.17, 15) is 20.0 Å². The van der Waals surface area contributed by atoms with Crippen LogP contribution in [0.4, 0.5) is 5.82 Å². The number of aromatic hydroxyl groups is 1. The summed E-state index contributed by atoms with van der Waals surface area (Å²) in [4.78, 5) is 32.9. The summed E-state index contributed by atoms with van der Waals surface area (Å²) in [5, 5.41) is 29.9. The van der Waals surface area contributed by atoms with E-state index in [0.717, 1.165) is 13.0 Å². The summed E-state index contributed by atoms with van der Waals surface area (Å²) in [7, 11) is 0. The van der Waals surface area contributed by atoms with Crippen LogP contribution in [0.2, 0.25) is 5.02 Å². The second-order valence-corrected chi connectivity index (χ2v) is 10.3. The van der Waals surface area contributed by atoms with Crippen molar-refractivity contribution in [3.8, 4) is 34.2 Å². The highest BCUT2D eigenvalue weighted by Gasteiger charge is 2.21. The van der Waals surface area contributed by atoms with Crippen molar-refractivity contribution in [2.75, 3.05) is 18.4 Å². The van der Waals surface area contributed by atoms with Crippen molar-refractivity contribution in [1.82, 2.24) is 20.5 Å². The Morgan fingerprint density at radius 2 is 1.84 bits per heavy atom. The zero-order valence-electron chi connectivity index (χ0n) is 23.3. The number of hydrogen-bond acceptors (Lipinski definition) is 7. The van der Waals surface area contributed by atoms with Gasteiger partial charge in [0.05, 0.1) is 22.4 Å². The number of phenolic OH excluding ortho intramolecular Hbond substituents is 1. The fraction of sp³-hybridized carbons (Fsp3) is 0.152. The molecule has 2 amide bonds. The molecule has 1 atom stereocenters. The number of pyridine rings is 1. The van der Waals surface area contributed by atoms with E-state index in [4.69, 9.17) is 11.6 Å². The molecule has 43 heavy (non-hydrogen) atoms. The number of aromatic nitrogens is 1. The van der Waals surface area contributed by atoms with Crippen LogP contribution in [-0.4, -0.2) is 46.1 Å². The number of nitrogens with zero attached hydrogens (tertiary/aromatic N) is 3. The fourth-order valence-electron chi connectivity index (χ4n) is 4.79. The summed E-state index contributed by atoms with van der Waals surface area (Å²) in [6, 6.07) is 23.9. The minimum atomic E-state index is -0.544. The molecule has 4 N–H and O–H groups in total. The van der Waals surface area contributed by atoms with Gasteiger partial charge >= 0.3 is 0 Å². The van der Waals surface area contributed by atoms with Crippen LogP contribution >= 0.6 is 11.6 Å². The molecule has 0 saturated heterocycles. The van der Waals surface area contributed by atoms with Crippen molar-refractivity contribution >= 4 is 29.2 Å². The van der Waals surface area contributed by atoms with Crippen LogP contribution in [0, 0.1) is 11.3 Å². The van der Waals surface area contributed by atoms with Gasteiger partial charge in [0.1, 0.15) is 17.4 Å². The molecule has 1 aliphatic heterocycles. The van der Waals surface area contributed by atoms with Crippen LogP contribution in [0.5, 0.6) is 5.75 Å². The lowest BCUT2D eigenvalue weighted by molar-refractivity contribution is 0.0951. The molecule has 0 saturated carbocycles. The van der Waals surface area contributed by atoms with E-state index >= 15 is 0 Å². The maximum atomic E-state index is 13.2. The van der Waals surface area contributed by atoms with Gasteiger partial charge in [0.2, 0.25) is 0 Å². The summed E-state index contributed by atoms with van der Waals surface area (Å²) in [6.45, 7) is 3.36. The Balaban J connectivity index is 1.47. The van der Waals surface area contributed by atoms with E-state index in [0.29, 0.717) is 34.5 Å². The number of carbonyl (C=O) groups is 2. The van der Waals surface area contributed by atoms with Gasteiger partial charge in [-0.3, -0.25) is 9.59 Å². The molecule has 4 aromatic rings. The second kappa shape index (κ2) is 13.1. The summed E-state index contributed by atoms with van der Waals surface area (Å²) < 4.78 is 0. The van der Waals surface area contributed by atoms with Crippen LogP contribution in [-0.2, 0) is 0 Å². The molecule has 0 spiro atoms. The monoisotopic (exact) mass is 592 g/mol. The number of hydrogen-bond donors (Lipinski definition) is 4. The maximum absolute atomic E-state index is 13.2. The summed E-state index contributed by atoms with van der Waals surface area (Å²) >= 11 is 6.24. The molecule has 0 bridgehead atoms. The van der Waals surface area contributed by atoms with Gasteiger partial charge in [-0.15, -0.1) is 0 Å². The van der Waals surface area contributed by atoms with E-state index in [-0.39, 0.29) is 39.8 Å². The Kier molecular flexibility index (Phi) is 8.89. The van der Waals surface area contributed by atoms with Crippen LogP contribution in [0.25, 0.3) is 22.4 Å². The number of nitriles is 1. The first kappa shape index (κ1) is 29.2. The molecule has 1 aromatic heterocycles. The second-order valence-electron chi connectivity index (χ2n) is 9.93. The van der Waals surface area contributed by atoms with Crippen molar-refractivity contribution < 1.29 is 14.7 Å². The van der Waals surface area contributed by atoms with Crippen molar-refractivity contribution in [3.05, 3.63) is 113 Å². The third kappa shape index (κ3) is 6.61. The van der Waals surface area contributed by atoms with Crippen molar-refractivity contribution in [1.29, 1.82) is 5.26 Å². The molecule has 10 heteroatoms. The number of halogens is 1. The zero-order chi connectivity index (χ0) is 30.3. The molecule has 9 nitrogen and oxygen atoms in total. The quantitative estimate of drug-likeness (QED) is 0.182. The Hall–Kier alpha value is -5.33. The topological polar surface area (TPSA) is 130 Å². The van der Waals surface area contributed by atoms with E-state index in [1.165, 1.54) is 6.07 Å². The third-order valence-corrected chi connectivity index (χ3v) is 7.41. The van der Waals surface area contributed by atoms with Gasteiger partial charge in [-0.25, -0.2) is 4.98 Å². The molecule has 0 aliphatic carbocycles. The number of rotatable bonds is 9. The van der Waals surface area contributed by atoms with Crippen molar-refractivity contribution in [2.45, 2.75) is 19.5 Å². The molecule has 0 radical (unpaired) electrons. The van der Waals surface area contributed by atoms with Gasteiger partial charge in [-0.1, -0.05) is 48.0 Å². The standard InChI is InChI=1S/C33H29ClN6O3/c1-21-36-15-17-40(21)16-7-14-37-32(42)23-9-6-8-22(18-23)26-19-29(25-11-3-5-13-30(25)41)38-31(27(26)20-35)39-33(43)24-10-2-4-12-28(24)34/h2-6,8-13,15,17-19,21,36,41H,7,14,16H2,1H3,(H,37,42)(H,38,39,43). The summed E-state index contributed by atoms with van der Waals surface area (Å²) in [5.74, 6) is -0.807. The largest absolute Gasteiger partial charge is 0.507 e. The minimum Gasteiger partial charge on any atom is -0.507 e. The smallest absolute Gasteiger partial charge is 0.258 e. The van der Waals surface area contributed by atoms with Gasteiger partial charge in [0.15, 0.2) is 5.82 Å². The number of benzene rings is 3. The first-order valence-corrected chi connectivity index (χ1v) is 14.1. The van der Waals surface area contributed by atoms with Gasteiger partial charge in [0.25, 0.3) is 11.8 Å².